The molecule has 0 amide bonds. The van der Waals surface area contributed by atoms with E-state index in [2.05, 4.69) is 12.6 Å². The van der Waals surface area contributed by atoms with Gasteiger partial charge in [0.15, 0.2) is 6.29 Å². The summed E-state index contributed by atoms with van der Waals surface area (Å²) in [5, 5.41) is 0.917. The molecule has 118 valence electrons. The van der Waals surface area contributed by atoms with Gasteiger partial charge < -0.3 is 13.9 Å². The molecule has 3 aromatic rings. The molecule has 4 rings (SSSR count). The van der Waals surface area contributed by atoms with Gasteiger partial charge in [-0.1, -0.05) is 6.07 Å². The first kappa shape index (κ1) is 14.8. The number of benzene rings is 2. The highest BCUT2D eigenvalue weighted by Gasteiger charge is 2.19. The van der Waals surface area contributed by atoms with E-state index in [0.29, 0.717) is 35.7 Å². The van der Waals surface area contributed by atoms with E-state index in [4.69, 9.17) is 13.9 Å². The Morgan fingerprint density at radius 2 is 1.83 bits per heavy atom. The molecule has 5 heteroatoms. The average Bonchev–Trinajstić information content (AvgIpc) is 2.98. The first-order valence-electron chi connectivity index (χ1n) is 7.46. The third kappa shape index (κ3) is 2.87. The molecule has 0 atom stereocenters. The minimum atomic E-state index is -0.491. The van der Waals surface area contributed by atoms with Crippen molar-refractivity contribution < 1.29 is 18.3 Å². The van der Waals surface area contributed by atoms with Gasteiger partial charge in [0.1, 0.15) is 17.2 Å². The molecule has 23 heavy (non-hydrogen) atoms. The normalized spacial score (nSPS) is 16.1. The molecule has 1 aromatic heterocycles. The minimum Gasteiger partial charge on any atom is -0.456 e. The third-order valence-corrected chi connectivity index (χ3v) is 4.14. The molecule has 1 fully saturated rings. The summed E-state index contributed by atoms with van der Waals surface area (Å²) in [6.45, 7) is 1.26. The van der Waals surface area contributed by atoms with Crippen LogP contribution in [0.3, 0.4) is 0 Å². The van der Waals surface area contributed by atoms with E-state index >= 15 is 0 Å². The second kappa shape index (κ2) is 6.00. The molecule has 0 bridgehead atoms. The number of fused-ring (bicyclic) bond motifs is 1. The summed E-state index contributed by atoms with van der Waals surface area (Å²) < 4.78 is 31.3. The molecule has 3 nitrogen and oxygen atoms in total. The van der Waals surface area contributed by atoms with Gasteiger partial charge in [0.25, 0.3) is 0 Å². The quantitative estimate of drug-likeness (QED) is 0.674. The third-order valence-electron chi connectivity index (χ3n) is 3.86. The first-order chi connectivity index (χ1) is 11.2. The van der Waals surface area contributed by atoms with Crippen molar-refractivity contribution in [3.63, 3.8) is 0 Å². The van der Waals surface area contributed by atoms with Gasteiger partial charge in [0.2, 0.25) is 0 Å². The number of rotatable bonds is 2. The zero-order chi connectivity index (χ0) is 15.8. The summed E-state index contributed by atoms with van der Waals surface area (Å²) in [4.78, 5) is 0.806. The van der Waals surface area contributed by atoms with Gasteiger partial charge >= 0.3 is 0 Å². The van der Waals surface area contributed by atoms with E-state index in [9.17, 15) is 4.39 Å². The van der Waals surface area contributed by atoms with Gasteiger partial charge in [0.05, 0.1) is 18.8 Å². The monoisotopic (exact) mass is 330 g/mol. The van der Waals surface area contributed by atoms with Crippen LogP contribution in [0.5, 0.6) is 0 Å². The standard InChI is InChI=1S/C18H15FO3S/c19-15-8-12(18-20-6-1-7-21-18)3-5-14(15)17-9-11-2-4-13(23)10-16(11)22-17/h2-5,8-10,18,23H,1,6-7H2. The molecule has 0 unspecified atom stereocenters. The van der Waals surface area contributed by atoms with Crippen molar-refractivity contribution in [3.05, 3.63) is 53.8 Å². The second-order valence-electron chi connectivity index (χ2n) is 5.50. The maximum absolute atomic E-state index is 14.5. The van der Waals surface area contributed by atoms with Gasteiger partial charge in [0, 0.05) is 15.8 Å². The van der Waals surface area contributed by atoms with Crippen molar-refractivity contribution in [2.24, 2.45) is 0 Å². The average molecular weight is 330 g/mol. The van der Waals surface area contributed by atoms with E-state index in [1.165, 1.54) is 6.07 Å². The van der Waals surface area contributed by atoms with Gasteiger partial charge in [-0.25, -0.2) is 4.39 Å². The predicted octanol–water partition coefficient (Wildman–Crippen LogP) is 4.96. The van der Waals surface area contributed by atoms with Crippen molar-refractivity contribution in [3.8, 4) is 11.3 Å². The van der Waals surface area contributed by atoms with Gasteiger partial charge in [-0.05, 0) is 42.8 Å². The lowest BCUT2D eigenvalue weighted by atomic mass is 10.1. The largest absolute Gasteiger partial charge is 0.456 e. The van der Waals surface area contributed by atoms with Crippen LogP contribution in [0.1, 0.15) is 18.3 Å². The number of hydrogen-bond donors (Lipinski definition) is 1. The maximum Gasteiger partial charge on any atom is 0.183 e. The highest BCUT2D eigenvalue weighted by atomic mass is 32.1. The summed E-state index contributed by atoms with van der Waals surface area (Å²) in [5.74, 6) is 0.138. The smallest absolute Gasteiger partial charge is 0.183 e. The molecule has 0 aliphatic carbocycles. The SMILES string of the molecule is Fc1cc(C2OCCCO2)ccc1-c1cc2ccc(S)cc2o1. The van der Waals surface area contributed by atoms with Crippen LogP contribution in [0.2, 0.25) is 0 Å². The van der Waals surface area contributed by atoms with E-state index in [0.717, 1.165) is 16.7 Å². The maximum atomic E-state index is 14.5. The Bertz CT molecular complexity index is 853. The summed E-state index contributed by atoms with van der Waals surface area (Å²) in [5.41, 5.74) is 1.79. The molecule has 0 spiro atoms. The van der Waals surface area contributed by atoms with Crippen molar-refractivity contribution in [1.82, 2.24) is 0 Å². The lowest BCUT2D eigenvalue weighted by Gasteiger charge is -2.23. The Kier molecular flexibility index (Phi) is 3.85. The van der Waals surface area contributed by atoms with E-state index in [-0.39, 0.29) is 5.82 Å². The highest BCUT2D eigenvalue weighted by molar-refractivity contribution is 7.80. The zero-order valence-corrected chi connectivity index (χ0v) is 13.2. The lowest BCUT2D eigenvalue weighted by molar-refractivity contribution is -0.183. The van der Waals surface area contributed by atoms with Gasteiger partial charge in [-0.3, -0.25) is 0 Å². The Hall–Kier alpha value is -1.82. The second-order valence-corrected chi connectivity index (χ2v) is 6.02. The van der Waals surface area contributed by atoms with E-state index < -0.39 is 6.29 Å². The van der Waals surface area contributed by atoms with Gasteiger partial charge in [-0.15, -0.1) is 12.6 Å². The molecule has 1 aliphatic heterocycles. The molecule has 0 radical (unpaired) electrons. The van der Waals surface area contributed by atoms with Crippen LogP contribution in [-0.2, 0) is 9.47 Å². The molecule has 1 saturated heterocycles. The Morgan fingerprint density at radius 1 is 1.00 bits per heavy atom. The first-order valence-corrected chi connectivity index (χ1v) is 7.91. The van der Waals surface area contributed by atoms with Crippen LogP contribution in [0.15, 0.2) is 51.8 Å². The van der Waals surface area contributed by atoms with Crippen molar-refractivity contribution in [2.45, 2.75) is 17.6 Å². The van der Waals surface area contributed by atoms with E-state index in [1.807, 2.05) is 30.3 Å². The molecule has 1 aliphatic rings. The van der Waals surface area contributed by atoms with Crippen molar-refractivity contribution >= 4 is 23.6 Å². The van der Waals surface area contributed by atoms with Crippen LogP contribution in [0, 0.1) is 5.82 Å². The lowest BCUT2D eigenvalue weighted by Crippen LogP contribution is -2.17. The van der Waals surface area contributed by atoms with E-state index in [1.54, 1.807) is 6.07 Å². The fourth-order valence-corrected chi connectivity index (χ4v) is 2.90. The van der Waals surface area contributed by atoms with Crippen LogP contribution < -0.4 is 0 Å². The number of hydrogen-bond acceptors (Lipinski definition) is 4. The van der Waals surface area contributed by atoms with Crippen LogP contribution in [0.25, 0.3) is 22.3 Å². The zero-order valence-electron chi connectivity index (χ0n) is 12.3. The molecule has 0 N–H and O–H groups in total. The number of thiol groups is 1. The fraction of sp³-hybridized carbons (Fsp3) is 0.222. The van der Waals surface area contributed by atoms with Crippen LogP contribution in [0.4, 0.5) is 4.39 Å². The number of ether oxygens (including phenoxy) is 2. The Labute approximate surface area is 138 Å². The predicted molar refractivity (Wildman–Crippen MR) is 88.1 cm³/mol. The van der Waals surface area contributed by atoms with Crippen LogP contribution in [-0.4, -0.2) is 13.2 Å². The summed E-state index contributed by atoms with van der Waals surface area (Å²) in [6, 6.07) is 12.4. The van der Waals surface area contributed by atoms with Crippen molar-refractivity contribution in [1.29, 1.82) is 0 Å². The fourth-order valence-electron chi connectivity index (χ4n) is 2.71. The minimum absolute atomic E-state index is 0.356. The molecule has 2 heterocycles. The van der Waals surface area contributed by atoms with Crippen LogP contribution >= 0.6 is 12.6 Å². The van der Waals surface area contributed by atoms with Crippen molar-refractivity contribution in [2.75, 3.05) is 13.2 Å². The summed E-state index contributed by atoms with van der Waals surface area (Å²) in [6.07, 6.45) is 0.373. The Balaban J connectivity index is 1.70. The topological polar surface area (TPSA) is 31.6 Å². The molecule has 0 saturated carbocycles. The molecular weight excluding hydrogens is 315 g/mol. The van der Waals surface area contributed by atoms with Gasteiger partial charge in [-0.2, -0.15) is 0 Å². The Morgan fingerprint density at radius 3 is 2.61 bits per heavy atom. The number of halogens is 1. The highest BCUT2D eigenvalue weighted by Crippen LogP contribution is 2.33. The summed E-state index contributed by atoms with van der Waals surface area (Å²) >= 11 is 4.29. The molecular formula is C18H15FO3S. The molecule has 2 aromatic carbocycles. The summed E-state index contributed by atoms with van der Waals surface area (Å²) in [7, 11) is 0. The number of furan rings is 1.